The quantitative estimate of drug-likeness (QED) is 0.668. The maximum Gasteiger partial charge on any atom is 0.239 e. The molecule has 0 aromatic heterocycles. The van der Waals surface area contributed by atoms with Gasteiger partial charge in [0.2, 0.25) is 5.91 Å². The Hall–Kier alpha value is -1.63. The number of hydrogen-bond acceptors (Lipinski definition) is 4. The third-order valence-electron chi connectivity index (χ3n) is 5.39. The lowest BCUT2D eigenvalue weighted by Gasteiger charge is -2.36. The molecule has 2 aromatic rings. The fourth-order valence-corrected chi connectivity index (χ4v) is 3.67. The summed E-state index contributed by atoms with van der Waals surface area (Å²) < 4.78 is 0. The highest BCUT2D eigenvalue weighted by atomic mass is 35.5. The van der Waals surface area contributed by atoms with Gasteiger partial charge in [-0.3, -0.25) is 9.69 Å². The second-order valence-corrected chi connectivity index (χ2v) is 7.69. The fraction of sp³-hybridized carbons (Fsp3) is 0.435. The third kappa shape index (κ3) is 8.25. The number of amides is 1. The lowest BCUT2D eigenvalue weighted by atomic mass is 10.1. The summed E-state index contributed by atoms with van der Waals surface area (Å²) >= 11 is 0. The van der Waals surface area contributed by atoms with Crippen LogP contribution in [0.1, 0.15) is 11.1 Å². The predicted octanol–water partition coefficient (Wildman–Crippen LogP) is 2.68. The van der Waals surface area contributed by atoms with Gasteiger partial charge in [-0.15, -0.1) is 24.8 Å². The number of piperazine rings is 1. The number of likely N-dealkylation sites (N-methyl/N-ethyl adjacent to an activating group) is 1. The highest BCUT2D eigenvalue weighted by Crippen LogP contribution is 2.08. The molecular formula is C23H34Cl2N4O. The smallest absolute Gasteiger partial charge is 0.239 e. The number of benzene rings is 2. The highest BCUT2D eigenvalue weighted by Gasteiger charge is 2.25. The Morgan fingerprint density at radius 1 is 0.933 bits per heavy atom. The summed E-state index contributed by atoms with van der Waals surface area (Å²) in [6.07, 6.45) is 0.601. The van der Waals surface area contributed by atoms with Crippen molar-refractivity contribution < 1.29 is 4.79 Å². The molecule has 0 radical (unpaired) electrons. The molecule has 1 aliphatic rings. The lowest BCUT2D eigenvalue weighted by Crippen LogP contribution is -2.54. The van der Waals surface area contributed by atoms with Gasteiger partial charge in [0.25, 0.3) is 0 Å². The van der Waals surface area contributed by atoms with E-state index in [0.717, 1.165) is 51.4 Å². The van der Waals surface area contributed by atoms with Crippen LogP contribution in [-0.2, 0) is 17.8 Å². The first kappa shape index (κ1) is 26.4. The number of carbonyl (C=O) groups is 1. The molecule has 5 nitrogen and oxygen atoms in total. The number of carbonyl (C=O) groups excluding carboxylic acids is 1. The minimum Gasteiger partial charge on any atom is -0.339 e. The number of rotatable bonds is 8. The molecule has 166 valence electrons. The first-order chi connectivity index (χ1) is 13.6. The average molecular weight is 453 g/mol. The number of nitrogens with two attached hydrogens (primary N) is 1. The monoisotopic (exact) mass is 452 g/mol. The molecule has 0 saturated carbocycles. The number of halogens is 2. The first-order valence-electron chi connectivity index (χ1n) is 10.1. The summed E-state index contributed by atoms with van der Waals surface area (Å²) in [5.74, 6) is 0.0738. The molecular weight excluding hydrogens is 419 g/mol. The van der Waals surface area contributed by atoms with Crippen LogP contribution in [0.3, 0.4) is 0 Å². The van der Waals surface area contributed by atoms with E-state index in [0.29, 0.717) is 6.42 Å². The van der Waals surface area contributed by atoms with Crippen molar-refractivity contribution in [3.63, 3.8) is 0 Å². The normalized spacial score (nSPS) is 15.2. The van der Waals surface area contributed by atoms with Crippen molar-refractivity contribution in [2.75, 3.05) is 46.3 Å². The summed E-state index contributed by atoms with van der Waals surface area (Å²) in [4.78, 5) is 19.4. The first-order valence-corrected chi connectivity index (χ1v) is 10.1. The van der Waals surface area contributed by atoms with Gasteiger partial charge in [-0.1, -0.05) is 60.7 Å². The summed E-state index contributed by atoms with van der Waals surface area (Å²) in [5, 5.41) is 0. The molecule has 3 rings (SSSR count). The van der Waals surface area contributed by atoms with Crippen LogP contribution in [0.4, 0.5) is 0 Å². The van der Waals surface area contributed by atoms with Crippen molar-refractivity contribution in [2.45, 2.75) is 19.0 Å². The van der Waals surface area contributed by atoms with Gasteiger partial charge in [0, 0.05) is 45.8 Å². The third-order valence-corrected chi connectivity index (χ3v) is 5.39. The molecule has 1 aliphatic heterocycles. The van der Waals surface area contributed by atoms with E-state index in [2.05, 4.69) is 47.2 Å². The van der Waals surface area contributed by atoms with Crippen molar-refractivity contribution in [1.29, 1.82) is 0 Å². The van der Waals surface area contributed by atoms with Gasteiger partial charge >= 0.3 is 0 Å². The molecule has 1 heterocycles. The van der Waals surface area contributed by atoms with E-state index in [1.54, 1.807) is 0 Å². The average Bonchev–Trinajstić information content (AvgIpc) is 2.73. The van der Waals surface area contributed by atoms with Crippen LogP contribution in [0.25, 0.3) is 0 Å². The molecule has 1 atom stereocenters. The fourth-order valence-electron chi connectivity index (χ4n) is 3.67. The van der Waals surface area contributed by atoms with Crippen LogP contribution in [0.2, 0.25) is 0 Å². The van der Waals surface area contributed by atoms with Gasteiger partial charge in [0.05, 0.1) is 6.04 Å². The summed E-state index contributed by atoms with van der Waals surface area (Å²) in [7, 11) is 2.16. The van der Waals surface area contributed by atoms with E-state index < -0.39 is 6.04 Å². The van der Waals surface area contributed by atoms with Gasteiger partial charge in [-0.05, 0) is 24.6 Å². The van der Waals surface area contributed by atoms with E-state index in [9.17, 15) is 4.79 Å². The standard InChI is InChI=1S/C23H32N4O.2ClH/c1-25(19-21-10-6-3-7-11-21)12-13-26-14-16-27(17-15-26)23(28)22(24)18-20-8-4-2-5-9-20;;/h2-11,22H,12-19,24H2,1H3;2*1H. The predicted molar refractivity (Wildman–Crippen MR) is 128 cm³/mol. The zero-order valence-corrected chi connectivity index (χ0v) is 19.3. The Labute approximate surface area is 193 Å². The van der Waals surface area contributed by atoms with Crippen molar-refractivity contribution >= 4 is 30.7 Å². The molecule has 2 N–H and O–H groups in total. The van der Waals surface area contributed by atoms with Gasteiger partial charge in [-0.25, -0.2) is 0 Å². The van der Waals surface area contributed by atoms with E-state index in [1.807, 2.05) is 35.2 Å². The van der Waals surface area contributed by atoms with Crippen LogP contribution in [-0.4, -0.2) is 73.0 Å². The Morgan fingerprint density at radius 3 is 2.03 bits per heavy atom. The van der Waals surface area contributed by atoms with Crippen LogP contribution in [0.5, 0.6) is 0 Å². The Kier molecular flexibility index (Phi) is 12.0. The molecule has 0 bridgehead atoms. The molecule has 1 unspecified atom stereocenters. The van der Waals surface area contributed by atoms with Crippen molar-refractivity contribution in [1.82, 2.24) is 14.7 Å². The largest absolute Gasteiger partial charge is 0.339 e. The molecule has 7 heteroatoms. The zero-order valence-electron chi connectivity index (χ0n) is 17.7. The number of hydrogen-bond donors (Lipinski definition) is 1. The molecule has 30 heavy (non-hydrogen) atoms. The Balaban J connectivity index is 0.00000225. The second kappa shape index (κ2) is 13.6. The van der Waals surface area contributed by atoms with Gasteiger partial charge in [-0.2, -0.15) is 0 Å². The summed E-state index contributed by atoms with van der Waals surface area (Å²) in [5.41, 5.74) is 8.63. The maximum absolute atomic E-state index is 12.7. The van der Waals surface area contributed by atoms with Crippen LogP contribution in [0, 0.1) is 0 Å². The Bertz CT molecular complexity index is 724. The van der Waals surface area contributed by atoms with Crippen molar-refractivity contribution in [3.8, 4) is 0 Å². The van der Waals surface area contributed by atoms with Crippen molar-refractivity contribution in [2.24, 2.45) is 5.73 Å². The van der Waals surface area contributed by atoms with Gasteiger partial charge < -0.3 is 15.5 Å². The minimum absolute atomic E-state index is 0. The van der Waals surface area contributed by atoms with E-state index in [1.165, 1.54) is 5.56 Å². The topological polar surface area (TPSA) is 52.8 Å². The molecule has 1 saturated heterocycles. The Morgan fingerprint density at radius 2 is 1.47 bits per heavy atom. The van der Waals surface area contributed by atoms with Gasteiger partial charge in [0.15, 0.2) is 0 Å². The molecule has 1 amide bonds. The summed E-state index contributed by atoms with van der Waals surface area (Å²) in [6.45, 7) is 6.39. The zero-order chi connectivity index (χ0) is 19.8. The molecule has 1 fully saturated rings. The van der Waals surface area contributed by atoms with Crippen LogP contribution in [0.15, 0.2) is 60.7 Å². The second-order valence-electron chi connectivity index (χ2n) is 7.69. The van der Waals surface area contributed by atoms with E-state index in [4.69, 9.17) is 5.73 Å². The van der Waals surface area contributed by atoms with Crippen LogP contribution >= 0.6 is 24.8 Å². The van der Waals surface area contributed by atoms with Crippen LogP contribution < -0.4 is 5.73 Å². The summed E-state index contributed by atoms with van der Waals surface area (Å²) in [6, 6.07) is 20.1. The lowest BCUT2D eigenvalue weighted by molar-refractivity contribution is -0.134. The van der Waals surface area contributed by atoms with Gasteiger partial charge in [0.1, 0.15) is 0 Å². The SMILES string of the molecule is CN(CCN1CCN(C(=O)C(N)Cc2ccccc2)CC1)Cc1ccccc1.Cl.Cl. The molecule has 2 aromatic carbocycles. The van der Waals surface area contributed by atoms with E-state index in [-0.39, 0.29) is 30.7 Å². The molecule has 0 spiro atoms. The van der Waals surface area contributed by atoms with Crippen molar-refractivity contribution in [3.05, 3.63) is 71.8 Å². The highest BCUT2D eigenvalue weighted by molar-refractivity contribution is 5.85. The maximum atomic E-state index is 12.7. The molecule has 0 aliphatic carbocycles. The van der Waals surface area contributed by atoms with E-state index >= 15 is 0 Å². The minimum atomic E-state index is -0.453. The number of nitrogens with zero attached hydrogens (tertiary/aromatic N) is 3.